The van der Waals surface area contributed by atoms with Crippen molar-refractivity contribution in [2.75, 3.05) is 25.0 Å². The highest BCUT2D eigenvalue weighted by Crippen LogP contribution is 2.33. The monoisotopic (exact) mass is 490 g/mol. The summed E-state index contributed by atoms with van der Waals surface area (Å²) >= 11 is 6.51. The smallest absolute Gasteiger partial charge is 0.267 e. The number of benzene rings is 1. The van der Waals surface area contributed by atoms with E-state index in [1.807, 2.05) is 25.1 Å². The summed E-state index contributed by atoms with van der Waals surface area (Å²) in [7, 11) is 1.66. The molecule has 2 aliphatic rings. The molecular formula is C26H26N4O2S2. The van der Waals surface area contributed by atoms with Crippen LogP contribution >= 0.6 is 24.0 Å². The van der Waals surface area contributed by atoms with E-state index >= 15 is 0 Å². The molecule has 0 atom stereocenters. The molecule has 6 nitrogen and oxygen atoms in total. The summed E-state index contributed by atoms with van der Waals surface area (Å²) in [6.07, 6.45) is 6.59. The molecule has 2 aromatic heterocycles. The van der Waals surface area contributed by atoms with E-state index in [1.54, 1.807) is 23.7 Å². The zero-order valence-corrected chi connectivity index (χ0v) is 20.9. The number of amides is 1. The molecule has 34 heavy (non-hydrogen) atoms. The minimum absolute atomic E-state index is 0.170. The third-order valence-corrected chi connectivity index (χ3v) is 8.01. The molecule has 0 N–H and O–H groups in total. The first-order chi connectivity index (χ1) is 16.4. The van der Waals surface area contributed by atoms with Gasteiger partial charge in [0.1, 0.15) is 15.8 Å². The molecular weight excluding hydrogens is 464 g/mol. The maximum atomic E-state index is 13.6. The third-order valence-electron chi connectivity index (χ3n) is 6.53. The Morgan fingerprint density at radius 3 is 2.53 bits per heavy atom. The van der Waals surface area contributed by atoms with E-state index in [1.165, 1.54) is 22.2 Å². The number of rotatable bonds is 4. The van der Waals surface area contributed by atoms with Crippen molar-refractivity contribution in [3.8, 4) is 0 Å². The summed E-state index contributed by atoms with van der Waals surface area (Å²) in [4.78, 5) is 35.2. The SMILES string of the molecule is Cc1ccc2nc(N3CCC(Cc4ccccc4)CC3)c(/C=C3\SC(=S)N(C)C3=O)c(=O)n2c1. The van der Waals surface area contributed by atoms with Gasteiger partial charge in [-0.1, -0.05) is 60.4 Å². The second kappa shape index (κ2) is 9.35. The number of aromatic nitrogens is 2. The van der Waals surface area contributed by atoms with Gasteiger partial charge in [-0.2, -0.15) is 0 Å². The first-order valence-electron chi connectivity index (χ1n) is 11.4. The molecule has 4 heterocycles. The Labute approximate surface area is 208 Å². The van der Waals surface area contributed by atoms with Crippen molar-refractivity contribution < 1.29 is 4.79 Å². The zero-order chi connectivity index (χ0) is 23.8. The molecule has 5 rings (SSSR count). The molecule has 0 spiro atoms. The lowest BCUT2D eigenvalue weighted by Gasteiger charge is -2.33. The highest BCUT2D eigenvalue weighted by molar-refractivity contribution is 8.26. The molecule has 2 fully saturated rings. The van der Waals surface area contributed by atoms with Crippen molar-refractivity contribution in [2.24, 2.45) is 5.92 Å². The Balaban J connectivity index is 1.50. The number of nitrogens with zero attached hydrogens (tertiary/aromatic N) is 4. The maximum absolute atomic E-state index is 13.6. The van der Waals surface area contributed by atoms with Gasteiger partial charge in [-0.05, 0) is 55.4 Å². The summed E-state index contributed by atoms with van der Waals surface area (Å²) in [5.41, 5.74) is 3.21. The van der Waals surface area contributed by atoms with Crippen LogP contribution in [0.25, 0.3) is 11.7 Å². The van der Waals surface area contributed by atoms with E-state index in [2.05, 4.69) is 29.2 Å². The lowest BCUT2D eigenvalue weighted by molar-refractivity contribution is -0.121. The van der Waals surface area contributed by atoms with Gasteiger partial charge in [-0.15, -0.1) is 0 Å². The quantitative estimate of drug-likeness (QED) is 0.402. The van der Waals surface area contributed by atoms with Crippen LogP contribution in [0.1, 0.15) is 29.5 Å². The van der Waals surface area contributed by atoms with Gasteiger partial charge in [0.05, 0.1) is 10.5 Å². The van der Waals surface area contributed by atoms with E-state index in [4.69, 9.17) is 17.2 Å². The van der Waals surface area contributed by atoms with Gasteiger partial charge in [0.25, 0.3) is 11.5 Å². The van der Waals surface area contributed by atoms with Crippen molar-refractivity contribution in [1.82, 2.24) is 14.3 Å². The van der Waals surface area contributed by atoms with Gasteiger partial charge < -0.3 is 4.90 Å². The van der Waals surface area contributed by atoms with Gasteiger partial charge in [-0.3, -0.25) is 18.9 Å². The van der Waals surface area contributed by atoms with Crippen molar-refractivity contribution in [2.45, 2.75) is 26.2 Å². The third kappa shape index (κ3) is 4.40. The van der Waals surface area contributed by atoms with Crippen LogP contribution in [0, 0.1) is 12.8 Å². The standard InChI is InChI=1S/C26H26N4O2S2/c1-17-8-9-22-27-23(29-12-10-19(11-13-29)14-18-6-4-3-5-7-18)20(24(31)30(22)16-17)15-21-25(32)28(2)26(33)34-21/h3-9,15-16,19H,10-14H2,1-2H3/b21-15-. The lowest BCUT2D eigenvalue weighted by atomic mass is 9.90. The van der Waals surface area contributed by atoms with Gasteiger partial charge >= 0.3 is 0 Å². The number of fused-ring (bicyclic) bond motifs is 1. The topological polar surface area (TPSA) is 57.9 Å². The minimum atomic E-state index is -0.184. The normalized spacial score (nSPS) is 18.5. The molecule has 1 amide bonds. The van der Waals surface area contributed by atoms with Crippen LogP contribution in [0.4, 0.5) is 5.82 Å². The molecule has 3 aromatic rings. The Morgan fingerprint density at radius 2 is 1.85 bits per heavy atom. The number of carbonyl (C=O) groups excluding carboxylic acids is 1. The number of thioether (sulfide) groups is 1. The molecule has 0 unspecified atom stereocenters. The Morgan fingerprint density at radius 1 is 1.12 bits per heavy atom. The number of aryl methyl sites for hydroxylation is 1. The molecule has 8 heteroatoms. The van der Waals surface area contributed by atoms with Crippen LogP contribution in [-0.4, -0.2) is 44.6 Å². The zero-order valence-electron chi connectivity index (χ0n) is 19.2. The fourth-order valence-corrected chi connectivity index (χ4v) is 5.75. The predicted octanol–water partition coefficient (Wildman–Crippen LogP) is 4.29. The molecule has 174 valence electrons. The molecule has 1 aromatic carbocycles. The number of carbonyl (C=O) groups is 1. The van der Waals surface area contributed by atoms with E-state index in [0.29, 0.717) is 32.2 Å². The van der Waals surface area contributed by atoms with Crippen molar-refractivity contribution in [3.63, 3.8) is 0 Å². The Hall–Kier alpha value is -2.97. The van der Waals surface area contributed by atoms with Crippen LogP contribution in [0.5, 0.6) is 0 Å². The van der Waals surface area contributed by atoms with Crippen LogP contribution in [0.15, 0.2) is 58.4 Å². The number of piperidine rings is 1. The highest BCUT2D eigenvalue weighted by Gasteiger charge is 2.31. The Bertz CT molecular complexity index is 1360. The van der Waals surface area contributed by atoms with E-state index < -0.39 is 0 Å². The number of pyridine rings is 1. The van der Waals surface area contributed by atoms with Crippen molar-refractivity contribution in [1.29, 1.82) is 0 Å². The average Bonchev–Trinajstić information content (AvgIpc) is 3.09. The number of hydrogen-bond acceptors (Lipinski definition) is 6. The largest absolute Gasteiger partial charge is 0.356 e. The summed E-state index contributed by atoms with van der Waals surface area (Å²) in [5.74, 6) is 1.06. The highest BCUT2D eigenvalue weighted by atomic mass is 32.2. The van der Waals surface area contributed by atoms with Crippen LogP contribution in [0.2, 0.25) is 0 Å². The van der Waals surface area contributed by atoms with E-state index in [0.717, 1.165) is 37.9 Å². The van der Waals surface area contributed by atoms with Crippen molar-refractivity contribution >= 4 is 51.7 Å². The van der Waals surface area contributed by atoms with Gasteiger partial charge in [0, 0.05) is 26.3 Å². The molecule has 0 saturated carbocycles. The molecule has 2 aliphatic heterocycles. The van der Waals surface area contributed by atoms with Crippen molar-refractivity contribution in [3.05, 3.63) is 80.6 Å². The summed E-state index contributed by atoms with van der Waals surface area (Å²) in [6, 6.07) is 14.4. The fraction of sp³-hybridized carbons (Fsp3) is 0.308. The number of anilines is 1. The maximum Gasteiger partial charge on any atom is 0.267 e. The van der Waals surface area contributed by atoms with Crippen LogP contribution in [0.3, 0.4) is 0 Å². The minimum Gasteiger partial charge on any atom is -0.356 e. The number of likely N-dealkylation sites (N-methyl/N-ethyl adjacent to an activating group) is 1. The Kier molecular flexibility index (Phi) is 6.27. The summed E-state index contributed by atoms with van der Waals surface area (Å²) in [5, 5.41) is 0. The summed E-state index contributed by atoms with van der Waals surface area (Å²) in [6.45, 7) is 3.59. The van der Waals surface area contributed by atoms with Gasteiger partial charge in [0.15, 0.2) is 0 Å². The van der Waals surface area contributed by atoms with Crippen LogP contribution < -0.4 is 10.5 Å². The van der Waals surface area contributed by atoms with E-state index in [-0.39, 0.29) is 11.5 Å². The lowest BCUT2D eigenvalue weighted by Crippen LogP contribution is -2.37. The molecule has 2 saturated heterocycles. The first kappa shape index (κ1) is 22.8. The molecule has 0 bridgehead atoms. The second-order valence-electron chi connectivity index (χ2n) is 8.95. The summed E-state index contributed by atoms with van der Waals surface area (Å²) < 4.78 is 2.06. The fourth-order valence-electron chi connectivity index (χ4n) is 4.59. The number of thiocarbonyl (C=S) groups is 1. The van der Waals surface area contributed by atoms with Gasteiger partial charge in [-0.25, -0.2) is 4.98 Å². The first-order valence-corrected chi connectivity index (χ1v) is 12.7. The molecule has 0 aliphatic carbocycles. The van der Waals surface area contributed by atoms with Crippen LogP contribution in [-0.2, 0) is 11.2 Å². The predicted molar refractivity (Wildman–Crippen MR) is 142 cm³/mol. The number of hydrogen-bond donors (Lipinski definition) is 0. The molecule has 0 radical (unpaired) electrons. The van der Waals surface area contributed by atoms with E-state index in [9.17, 15) is 9.59 Å². The average molecular weight is 491 g/mol. The van der Waals surface area contributed by atoms with Gasteiger partial charge in [0.2, 0.25) is 0 Å². The second-order valence-corrected chi connectivity index (χ2v) is 10.6.